The molecule has 58 heavy (non-hydrogen) atoms. The first-order valence-corrected chi connectivity index (χ1v) is 23.0. The Morgan fingerprint density at radius 2 is 1.21 bits per heavy atom. The average Bonchev–Trinajstić information content (AvgIpc) is 4.14. The predicted molar refractivity (Wildman–Crippen MR) is 235 cm³/mol. The summed E-state index contributed by atoms with van der Waals surface area (Å²) in [5.74, 6) is 2.61. The van der Waals surface area contributed by atoms with Crippen molar-refractivity contribution >= 4 is 78.6 Å². The smallest absolute Gasteiger partial charge is 0.373 e. The van der Waals surface area contributed by atoms with Gasteiger partial charge in [-0.15, -0.1) is 35.1 Å². The lowest BCUT2D eigenvalue weighted by molar-refractivity contribution is -0.191. The average molecular weight is 849 g/mol. The second kappa shape index (κ2) is 18.0. The van der Waals surface area contributed by atoms with E-state index in [0.29, 0.717) is 28.8 Å². The minimum atomic E-state index is 0. The largest absolute Gasteiger partial charge is 0.378 e. The van der Waals surface area contributed by atoms with E-state index >= 15 is 0 Å². The fourth-order valence-corrected chi connectivity index (χ4v) is 13.0. The highest BCUT2D eigenvalue weighted by molar-refractivity contribution is 7.20. The number of ketones is 1. The quantitative estimate of drug-likeness (QED) is 0.205. The Bertz CT molecular complexity index is 2050. The zero-order valence-electron chi connectivity index (χ0n) is 33.5. The van der Waals surface area contributed by atoms with E-state index < -0.39 is 0 Å². The van der Waals surface area contributed by atoms with E-state index in [-0.39, 0.29) is 18.6 Å². The topological polar surface area (TPSA) is 109 Å². The summed E-state index contributed by atoms with van der Waals surface area (Å²) in [5.41, 5.74) is 9.72. The minimum Gasteiger partial charge on any atom is -0.378 e. The molecule has 0 amide bonds. The monoisotopic (exact) mass is 847 g/mol. The maximum absolute atomic E-state index is 13.2. The number of halogens is 1. The number of piperidine rings is 6. The molecule has 10 nitrogen and oxygen atoms in total. The van der Waals surface area contributed by atoms with E-state index in [1.165, 1.54) is 109 Å². The van der Waals surface area contributed by atoms with Gasteiger partial charge in [-0.2, -0.15) is 9.59 Å². The second-order valence-electron chi connectivity index (χ2n) is 17.4. The van der Waals surface area contributed by atoms with Gasteiger partial charge in [0.1, 0.15) is 0 Å². The third-order valence-corrected chi connectivity index (χ3v) is 16.6. The predicted octanol–water partition coefficient (Wildman–Crippen LogP) is 7.33. The first-order valence-electron chi connectivity index (χ1n) is 21.4. The van der Waals surface area contributed by atoms with Crippen LogP contribution in [0.5, 0.6) is 0 Å². The summed E-state index contributed by atoms with van der Waals surface area (Å²) >= 11 is 3.50. The van der Waals surface area contributed by atoms with Gasteiger partial charge in [-0.05, 0) is 148 Å². The number of hydrogen-bond donors (Lipinski definition) is 1. The van der Waals surface area contributed by atoms with Crippen molar-refractivity contribution in [1.29, 1.82) is 0 Å². The lowest BCUT2D eigenvalue weighted by atomic mass is 9.70. The summed E-state index contributed by atoms with van der Waals surface area (Å²) in [6.07, 6.45) is 11.7. The molecule has 13 heteroatoms. The molecule has 14 rings (SSSR count). The first-order chi connectivity index (χ1) is 27.9. The summed E-state index contributed by atoms with van der Waals surface area (Å²) in [4.78, 5) is 40.6. The van der Waals surface area contributed by atoms with Gasteiger partial charge in [0.25, 0.3) is 0 Å². The Morgan fingerprint density at radius 1 is 0.690 bits per heavy atom. The number of rotatable bonds is 5. The van der Waals surface area contributed by atoms with E-state index in [4.69, 9.17) is 24.8 Å². The number of ether oxygens (including phenoxy) is 2. The van der Waals surface area contributed by atoms with Gasteiger partial charge >= 0.3 is 6.15 Å². The second-order valence-corrected chi connectivity index (χ2v) is 19.4. The Labute approximate surface area is 356 Å². The van der Waals surface area contributed by atoms with Crippen LogP contribution in [0.1, 0.15) is 67.5 Å². The van der Waals surface area contributed by atoms with Crippen molar-refractivity contribution in [3.8, 4) is 0 Å². The van der Waals surface area contributed by atoms with Crippen molar-refractivity contribution in [3.63, 3.8) is 0 Å². The minimum absolute atomic E-state index is 0. The zero-order chi connectivity index (χ0) is 39.0. The molecule has 2 aromatic heterocycles. The molecular formula is C45H58ClN5O5S2. The van der Waals surface area contributed by atoms with Crippen LogP contribution in [-0.2, 0) is 19.1 Å². The molecule has 2 saturated carbocycles. The molecule has 10 heterocycles. The maximum Gasteiger partial charge on any atom is 0.373 e. The molecule has 2 aliphatic carbocycles. The number of nitrogens with zero attached hydrogens (tertiary/aromatic N) is 4. The molecule has 2 N–H and O–H groups in total. The van der Waals surface area contributed by atoms with E-state index in [1.807, 2.05) is 11.3 Å². The van der Waals surface area contributed by atoms with Crippen molar-refractivity contribution in [3.05, 3.63) is 58.8 Å². The summed E-state index contributed by atoms with van der Waals surface area (Å²) in [7, 11) is 0. The van der Waals surface area contributed by atoms with Gasteiger partial charge in [-0.3, -0.25) is 14.6 Å². The van der Waals surface area contributed by atoms with Crippen LogP contribution in [0.2, 0.25) is 0 Å². The number of Topliss-reactive ketones (excluding diaryl/α,β-unsaturated/α-hetero) is 1. The van der Waals surface area contributed by atoms with Gasteiger partial charge in [-0.25, -0.2) is 0 Å². The van der Waals surface area contributed by atoms with Crippen molar-refractivity contribution in [2.24, 2.45) is 23.5 Å². The number of carbonyl (C=O) groups is 1. The first kappa shape index (κ1) is 41.8. The van der Waals surface area contributed by atoms with Crippen molar-refractivity contribution in [1.82, 2.24) is 9.80 Å². The summed E-state index contributed by atoms with van der Waals surface area (Å²) in [6, 6.07) is 18.2. The highest BCUT2D eigenvalue weighted by Crippen LogP contribution is 2.59. The lowest BCUT2D eigenvalue weighted by Gasteiger charge is -2.52. The van der Waals surface area contributed by atoms with E-state index in [9.17, 15) is 4.79 Å². The van der Waals surface area contributed by atoms with Crippen LogP contribution in [0.15, 0.2) is 53.9 Å². The van der Waals surface area contributed by atoms with Crippen LogP contribution in [-0.4, -0.2) is 118 Å². The van der Waals surface area contributed by atoms with Crippen LogP contribution < -0.4 is 15.5 Å². The fourth-order valence-electron chi connectivity index (χ4n) is 11.2. The number of nitrogens with two attached hydrogens (primary N) is 1. The van der Waals surface area contributed by atoms with E-state index in [0.717, 1.165) is 75.7 Å². The number of morpholine rings is 2. The van der Waals surface area contributed by atoms with Gasteiger partial charge in [0, 0.05) is 70.5 Å². The number of anilines is 2. The molecule has 0 radical (unpaired) electrons. The van der Waals surface area contributed by atoms with E-state index in [1.54, 1.807) is 11.3 Å². The zero-order valence-corrected chi connectivity index (χ0v) is 35.9. The summed E-state index contributed by atoms with van der Waals surface area (Å²) in [5, 5.41) is 4.70. The van der Waals surface area contributed by atoms with Gasteiger partial charge < -0.3 is 25.0 Å². The summed E-state index contributed by atoms with van der Waals surface area (Å²) in [6.45, 7) is 12.4. The number of thiophene rings is 2. The van der Waals surface area contributed by atoms with E-state index in [2.05, 4.69) is 73.5 Å². The van der Waals surface area contributed by atoms with Gasteiger partial charge in [0.2, 0.25) is 0 Å². The number of carbonyl (C=O) groups excluding carboxylic acids is 3. The molecule has 4 aromatic rings. The number of hydrogen-bond acceptors (Lipinski definition) is 12. The molecule has 10 fully saturated rings. The standard InChI is InChI=1S/C23H28N2O2S.C12H13NOS.C9H16N2.CO2.ClH/c26-20(15-19-16-3-7-25(8-4-16)23(19)5-6-23)22-13-17-1-2-18(14-21(17)28-22)24-9-11-27-12-10-24;1-2-11(13-4-6-14-7-5-13)9-12-10(1)3-8-15-12;10-8-7-1-5-11(6-2-7)9(8)3-4-9;2-1-3;/h1-2,13-14,16,19H,3-12,15H2;1-3,8-9H,4-7H2;7-8H,1-6,10H2;;1H/t19-;;8-;;/m1.1../s1. The Hall–Kier alpha value is -2.90. The molecular weight excluding hydrogens is 790 g/mol. The third-order valence-electron chi connectivity index (χ3n) is 14.6. The maximum atomic E-state index is 13.2. The van der Waals surface area contributed by atoms with Crippen LogP contribution in [0, 0.1) is 17.8 Å². The van der Waals surface area contributed by atoms with Crippen molar-refractivity contribution in [2.75, 3.05) is 88.6 Å². The molecule has 10 aliphatic rings. The van der Waals surface area contributed by atoms with Crippen LogP contribution in [0.3, 0.4) is 0 Å². The molecule has 8 aliphatic heterocycles. The normalized spacial score (nSPS) is 29.3. The van der Waals surface area contributed by atoms with Gasteiger partial charge in [0.15, 0.2) is 5.78 Å². The molecule has 4 bridgehead atoms. The number of fused-ring (bicyclic) bond motifs is 6. The number of benzene rings is 2. The Balaban J connectivity index is 0.000000131. The third kappa shape index (κ3) is 8.39. The van der Waals surface area contributed by atoms with Crippen molar-refractivity contribution in [2.45, 2.75) is 74.9 Å². The van der Waals surface area contributed by atoms with Gasteiger partial charge in [0.05, 0.1) is 31.3 Å². The highest BCUT2D eigenvalue weighted by atomic mass is 35.5. The molecule has 2 atom stereocenters. The van der Waals surface area contributed by atoms with Crippen LogP contribution in [0.4, 0.5) is 11.4 Å². The Kier molecular flexibility index (Phi) is 13.0. The van der Waals surface area contributed by atoms with Gasteiger partial charge in [-0.1, -0.05) is 12.1 Å². The summed E-state index contributed by atoms with van der Waals surface area (Å²) < 4.78 is 13.4. The molecule has 2 spiro atoms. The lowest BCUT2D eigenvalue weighted by Crippen LogP contribution is -2.63. The SMILES string of the molecule is Cl.N[C@@H]1C2CCN(CC2)C12CC2.O=C(C[C@@H]1C2CCN(CC2)C12CC2)c1cc2ccc(N3CCOCC3)cc2s1.O=C=O.c1cc2ccc(N3CCOCC3)cc2s1. The van der Waals surface area contributed by atoms with Crippen LogP contribution in [0.25, 0.3) is 20.2 Å². The highest BCUT2D eigenvalue weighted by Gasteiger charge is 2.60. The van der Waals surface area contributed by atoms with Crippen LogP contribution >= 0.6 is 35.1 Å². The Morgan fingerprint density at radius 3 is 1.74 bits per heavy atom. The molecule has 2 aromatic carbocycles. The molecule has 312 valence electrons. The molecule has 8 saturated heterocycles. The molecule has 0 unspecified atom stereocenters. The van der Waals surface area contributed by atoms with Crippen molar-refractivity contribution < 1.29 is 23.9 Å². The fraction of sp³-hybridized carbons (Fsp3) is 0.600.